The summed E-state index contributed by atoms with van der Waals surface area (Å²) in [6.07, 6.45) is 2.92. The van der Waals surface area contributed by atoms with Crippen LogP contribution in [-0.2, 0) is 10.0 Å². The molecule has 0 spiro atoms. The summed E-state index contributed by atoms with van der Waals surface area (Å²) in [6.45, 7) is 0. The van der Waals surface area contributed by atoms with Gasteiger partial charge >= 0.3 is 0 Å². The van der Waals surface area contributed by atoms with Gasteiger partial charge in [-0.15, -0.1) is 0 Å². The van der Waals surface area contributed by atoms with Gasteiger partial charge in [-0.25, -0.2) is 17.8 Å². The van der Waals surface area contributed by atoms with Crippen molar-refractivity contribution in [3.63, 3.8) is 0 Å². The van der Waals surface area contributed by atoms with Gasteiger partial charge in [-0.2, -0.15) is 10.5 Å². The Kier molecular flexibility index (Phi) is 5.63. The number of aromatic nitrogens is 1. The number of nitriles is 2. The van der Waals surface area contributed by atoms with Crippen molar-refractivity contribution >= 4 is 15.8 Å². The minimum absolute atomic E-state index is 0.0308. The zero-order valence-corrected chi connectivity index (χ0v) is 17.3. The van der Waals surface area contributed by atoms with Crippen LogP contribution in [0.5, 0.6) is 17.2 Å². The molecule has 1 saturated carbocycles. The number of anilines is 1. The van der Waals surface area contributed by atoms with Crippen LogP contribution < -0.4 is 14.2 Å². The molecule has 1 aliphatic carbocycles. The molecule has 1 aliphatic rings. The highest BCUT2D eigenvalue weighted by Crippen LogP contribution is 2.33. The molecule has 3 aromatic rings. The molecule has 160 valence electrons. The van der Waals surface area contributed by atoms with Crippen LogP contribution in [0.4, 0.5) is 10.2 Å². The molecule has 8 nitrogen and oxygen atoms in total. The van der Waals surface area contributed by atoms with E-state index in [0.29, 0.717) is 17.1 Å². The first-order valence-electron chi connectivity index (χ1n) is 9.45. The number of nitrogens with zero attached hydrogens (tertiary/aromatic N) is 3. The highest BCUT2D eigenvalue weighted by Gasteiger charge is 2.25. The average Bonchev–Trinajstić information content (AvgIpc) is 3.60. The smallest absolute Gasteiger partial charge is 0.263 e. The Morgan fingerprint density at radius 2 is 1.72 bits per heavy atom. The normalized spacial score (nSPS) is 13.0. The lowest BCUT2D eigenvalue weighted by Gasteiger charge is -2.12. The Balaban J connectivity index is 1.56. The number of benzene rings is 2. The maximum atomic E-state index is 13.0. The van der Waals surface area contributed by atoms with Crippen molar-refractivity contribution < 1.29 is 22.3 Å². The van der Waals surface area contributed by atoms with Crippen LogP contribution in [0.2, 0.25) is 0 Å². The van der Waals surface area contributed by atoms with Crippen LogP contribution in [0.25, 0.3) is 0 Å². The molecule has 0 atom stereocenters. The molecule has 0 amide bonds. The third-order valence-corrected chi connectivity index (χ3v) is 5.82. The van der Waals surface area contributed by atoms with E-state index >= 15 is 0 Å². The van der Waals surface area contributed by atoms with Crippen LogP contribution in [0.1, 0.15) is 24.0 Å². The van der Waals surface area contributed by atoms with Gasteiger partial charge in [-0.1, -0.05) is 0 Å². The van der Waals surface area contributed by atoms with Crippen molar-refractivity contribution in [3.8, 4) is 29.4 Å². The second-order valence-corrected chi connectivity index (χ2v) is 8.61. The molecule has 1 fully saturated rings. The highest BCUT2D eigenvalue weighted by molar-refractivity contribution is 7.92. The molecule has 0 saturated heterocycles. The van der Waals surface area contributed by atoms with E-state index in [9.17, 15) is 23.3 Å². The molecule has 2 aromatic carbocycles. The van der Waals surface area contributed by atoms with Crippen LogP contribution in [0.15, 0.2) is 59.6 Å². The molecule has 10 heteroatoms. The molecule has 1 N–H and O–H groups in total. The summed E-state index contributed by atoms with van der Waals surface area (Å²) in [5.41, 5.74) is 0.264. The number of rotatable bonds is 7. The molecule has 0 unspecified atom stereocenters. The third-order valence-electron chi connectivity index (χ3n) is 4.47. The predicted molar refractivity (Wildman–Crippen MR) is 111 cm³/mol. The van der Waals surface area contributed by atoms with E-state index < -0.39 is 15.8 Å². The molecule has 1 aromatic heterocycles. The van der Waals surface area contributed by atoms with Gasteiger partial charge in [0.15, 0.2) is 0 Å². The van der Waals surface area contributed by atoms with E-state index in [2.05, 4.69) is 15.8 Å². The van der Waals surface area contributed by atoms with Crippen LogP contribution >= 0.6 is 0 Å². The van der Waals surface area contributed by atoms with Crippen molar-refractivity contribution in [1.82, 2.24) is 4.98 Å². The van der Waals surface area contributed by atoms with E-state index in [1.807, 2.05) is 6.07 Å². The molecule has 32 heavy (non-hydrogen) atoms. The summed E-state index contributed by atoms with van der Waals surface area (Å²) in [4.78, 5) is 3.46. The van der Waals surface area contributed by atoms with E-state index in [1.165, 1.54) is 24.3 Å². The Morgan fingerprint density at radius 3 is 2.38 bits per heavy atom. The number of halogens is 1. The van der Waals surface area contributed by atoms with E-state index in [-0.39, 0.29) is 28.1 Å². The maximum absolute atomic E-state index is 13.0. The summed E-state index contributed by atoms with van der Waals surface area (Å²) >= 11 is 0. The van der Waals surface area contributed by atoms with Gasteiger partial charge in [0.25, 0.3) is 10.0 Å². The highest BCUT2D eigenvalue weighted by atomic mass is 32.2. The standard InChI is InChI=1S/C22H15FN4O4S/c23-16-1-8-22(26-13-16)27-32(28,29)19-5-7-21(15(10-19)12-25)31-18-4-6-20(14(9-18)11-24)30-17-2-3-17/h1,4-10,13,17H,2-3H2,(H,26,27). The summed E-state index contributed by atoms with van der Waals surface area (Å²) in [5, 5.41) is 18.9. The Morgan fingerprint density at radius 1 is 1.00 bits per heavy atom. The SMILES string of the molecule is N#Cc1cc(S(=O)(=O)Nc2ccc(F)cn2)ccc1Oc1ccc(OC2CC2)c(C#N)c1. The molecule has 1 heterocycles. The number of sulfonamides is 1. The van der Waals surface area contributed by atoms with E-state index in [4.69, 9.17) is 9.47 Å². The summed E-state index contributed by atoms with van der Waals surface area (Å²) in [5.74, 6) is 0.206. The van der Waals surface area contributed by atoms with Crippen molar-refractivity contribution in [1.29, 1.82) is 10.5 Å². The van der Waals surface area contributed by atoms with Crippen molar-refractivity contribution in [3.05, 3.63) is 71.7 Å². The number of hydrogen-bond acceptors (Lipinski definition) is 7. The summed E-state index contributed by atoms with van der Waals surface area (Å²) in [7, 11) is -4.07. The zero-order valence-electron chi connectivity index (χ0n) is 16.4. The van der Waals surface area contributed by atoms with Gasteiger partial charge < -0.3 is 9.47 Å². The number of nitrogens with one attached hydrogen (secondary N) is 1. The Bertz CT molecular complexity index is 1360. The minimum atomic E-state index is -4.07. The number of pyridine rings is 1. The summed E-state index contributed by atoms with van der Waals surface area (Å²) < 4.78 is 51.8. The first kappa shape index (κ1) is 21.1. The minimum Gasteiger partial charge on any atom is -0.489 e. The Labute approximate surface area is 183 Å². The first-order chi connectivity index (χ1) is 15.4. The van der Waals surface area contributed by atoms with E-state index in [1.54, 1.807) is 12.1 Å². The number of ether oxygens (including phenoxy) is 2. The summed E-state index contributed by atoms with van der Waals surface area (Å²) in [6, 6.07) is 14.7. The van der Waals surface area contributed by atoms with Gasteiger partial charge in [0, 0.05) is 6.07 Å². The van der Waals surface area contributed by atoms with Gasteiger partial charge in [0.1, 0.15) is 41.0 Å². The quantitative estimate of drug-likeness (QED) is 0.574. The fourth-order valence-electron chi connectivity index (χ4n) is 2.74. The molecule has 0 aliphatic heterocycles. The van der Waals surface area contributed by atoms with Crippen LogP contribution in [0.3, 0.4) is 0 Å². The lowest BCUT2D eigenvalue weighted by molar-refractivity contribution is 0.302. The molecular weight excluding hydrogens is 435 g/mol. The van der Waals surface area contributed by atoms with Crippen LogP contribution in [0, 0.1) is 28.5 Å². The van der Waals surface area contributed by atoms with Gasteiger partial charge in [0.2, 0.25) is 0 Å². The Hall–Kier alpha value is -4.15. The van der Waals surface area contributed by atoms with E-state index in [0.717, 1.165) is 31.2 Å². The molecular formula is C22H15FN4O4S. The van der Waals surface area contributed by atoms with Crippen molar-refractivity contribution in [2.45, 2.75) is 23.8 Å². The first-order valence-corrected chi connectivity index (χ1v) is 10.9. The van der Waals surface area contributed by atoms with Crippen molar-refractivity contribution in [2.24, 2.45) is 0 Å². The van der Waals surface area contributed by atoms with Crippen molar-refractivity contribution in [2.75, 3.05) is 4.72 Å². The third kappa shape index (κ3) is 4.77. The number of hydrogen-bond donors (Lipinski definition) is 1. The monoisotopic (exact) mass is 450 g/mol. The fourth-order valence-corrected chi connectivity index (χ4v) is 3.77. The van der Waals surface area contributed by atoms with Gasteiger partial charge in [0.05, 0.1) is 28.3 Å². The molecule has 4 rings (SSSR count). The fraction of sp³-hybridized carbons (Fsp3) is 0.136. The average molecular weight is 450 g/mol. The maximum Gasteiger partial charge on any atom is 0.263 e. The second kappa shape index (κ2) is 8.53. The van der Waals surface area contributed by atoms with Gasteiger partial charge in [-0.3, -0.25) is 4.72 Å². The topological polar surface area (TPSA) is 125 Å². The van der Waals surface area contributed by atoms with Gasteiger partial charge in [-0.05, 0) is 55.3 Å². The lowest BCUT2D eigenvalue weighted by Crippen LogP contribution is -2.14. The lowest BCUT2D eigenvalue weighted by atomic mass is 10.2. The predicted octanol–water partition coefficient (Wildman–Crippen LogP) is 4.10. The molecule has 0 bridgehead atoms. The zero-order chi connectivity index (χ0) is 22.7. The second-order valence-electron chi connectivity index (χ2n) is 6.93. The largest absolute Gasteiger partial charge is 0.489 e. The molecule has 0 radical (unpaired) electrons. The van der Waals surface area contributed by atoms with Crippen LogP contribution in [-0.4, -0.2) is 19.5 Å².